The minimum atomic E-state index is -0.307. The molecule has 3 N–H and O–H groups in total. The lowest BCUT2D eigenvalue weighted by molar-refractivity contribution is 0.0925. The third-order valence-corrected chi connectivity index (χ3v) is 2.70. The Morgan fingerprint density at radius 1 is 1.00 bits per heavy atom. The van der Waals surface area contributed by atoms with Gasteiger partial charge in [-0.2, -0.15) is 0 Å². The number of aromatic hydroxyl groups is 1. The van der Waals surface area contributed by atoms with Crippen LogP contribution in [0.5, 0.6) is 5.75 Å². The number of pyridine rings is 1. The first-order valence-corrected chi connectivity index (χ1v) is 6.43. The van der Waals surface area contributed by atoms with Crippen molar-refractivity contribution in [1.82, 2.24) is 15.6 Å². The van der Waals surface area contributed by atoms with E-state index in [1.165, 1.54) is 12.1 Å². The highest BCUT2D eigenvalue weighted by Crippen LogP contribution is 2.10. The maximum atomic E-state index is 11.8. The van der Waals surface area contributed by atoms with Gasteiger partial charge in [-0.05, 0) is 30.3 Å². The molecule has 0 aliphatic carbocycles. The molecule has 6 nitrogen and oxygen atoms in total. The molecule has 1 heterocycles. The summed E-state index contributed by atoms with van der Waals surface area (Å²) in [6.07, 6.45) is 1.54. The summed E-state index contributed by atoms with van der Waals surface area (Å²) in [6.45, 7) is 0.576. The van der Waals surface area contributed by atoms with Gasteiger partial charge in [0.1, 0.15) is 11.4 Å². The van der Waals surface area contributed by atoms with Crippen molar-refractivity contribution >= 4 is 11.8 Å². The van der Waals surface area contributed by atoms with Crippen LogP contribution < -0.4 is 10.6 Å². The lowest BCUT2D eigenvalue weighted by Crippen LogP contribution is -2.34. The third-order valence-electron chi connectivity index (χ3n) is 2.70. The van der Waals surface area contributed by atoms with Gasteiger partial charge in [0.25, 0.3) is 11.8 Å². The lowest BCUT2D eigenvalue weighted by atomic mass is 10.2. The quantitative estimate of drug-likeness (QED) is 0.713. The van der Waals surface area contributed by atoms with Crippen LogP contribution in [-0.4, -0.2) is 35.0 Å². The molecule has 6 heteroatoms. The van der Waals surface area contributed by atoms with Crippen molar-refractivity contribution in [1.29, 1.82) is 0 Å². The van der Waals surface area contributed by atoms with Gasteiger partial charge in [0.05, 0.1) is 0 Å². The van der Waals surface area contributed by atoms with Crippen LogP contribution in [0.25, 0.3) is 0 Å². The first-order valence-electron chi connectivity index (χ1n) is 6.43. The summed E-state index contributed by atoms with van der Waals surface area (Å²) in [7, 11) is 0. The first kappa shape index (κ1) is 14.5. The average Bonchev–Trinajstić information content (AvgIpc) is 2.52. The van der Waals surface area contributed by atoms with Crippen molar-refractivity contribution in [3.63, 3.8) is 0 Å². The van der Waals surface area contributed by atoms with Gasteiger partial charge in [-0.25, -0.2) is 0 Å². The lowest BCUT2D eigenvalue weighted by Gasteiger charge is -2.07. The molecule has 0 aliphatic rings. The summed E-state index contributed by atoms with van der Waals surface area (Å²) in [5.41, 5.74) is 0.697. The Morgan fingerprint density at radius 3 is 2.43 bits per heavy atom. The van der Waals surface area contributed by atoms with Crippen LogP contribution in [0.1, 0.15) is 20.8 Å². The SMILES string of the molecule is O=C(NCCNC(=O)c1ccccn1)c1cccc(O)c1. The number of nitrogens with one attached hydrogen (secondary N) is 2. The van der Waals surface area contributed by atoms with Crippen molar-refractivity contribution < 1.29 is 14.7 Å². The van der Waals surface area contributed by atoms with Crippen LogP contribution in [0.15, 0.2) is 48.7 Å². The number of nitrogens with zero attached hydrogens (tertiary/aromatic N) is 1. The van der Waals surface area contributed by atoms with E-state index in [1.807, 2.05) is 0 Å². The van der Waals surface area contributed by atoms with E-state index >= 15 is 0 Å². The molecule has 0 unspecified atom stereocenters. The van der Waals surface area contributed by atoms with Gasteiger partial charge in [-0.3, -0.25) is 14.6 Å². The Bertz CT molecular complexity index is 629. The van der Waals surface area contributed by atoms with Gasteiger partial charge in [-0.15, -0.1) is 0 Å². The molecule has 0 aliphatic heterocycles. The molecule has 21 heavy (non-hydrogen) atoms. The number of carbonyl (C=O) groups excluding carboxylic acids is 2. The average molecular weight is 285 g/mol. The monoisotopic (exact) mass is 285 g/mol. The highest BCUT2D eigenvalue weighted by Gasteiger charge is 2.07. The second kappa shape index (κ2) is 7.04. The van der Waals surface area contributed by atoms with Gasteiger partial charge >= 0.3 is 0 Å². The van der Waals surface area contributed by atoms with Gasteiger partial charge < -0.3 is 15.7 Å². The van der Waals surface area contributed by atoms with Crippen LogP contribution in [0, 0.1) is 0 Å². The topological polar surface area (TPSA) is 91.3 Å². The number of carbonyl (C=O) groups is 2. The van der Waals surface area contributed by atoms with Crippen molar-refractivity contribution in [3.8, 4) is 5.75 Å². The maximum Gasteiger partial charge on any atom is 0.269 e. The summed E-state index contributed by atoms with van der Waals surface area (Å²) in [5, 5.41) is 14.6. The van der Waals surface area contributed by atoms with Crippen LogP contribution in [0.4, 0.5) is 0 Å². The van der Waals surface area contributed by atoms with Crippen molar-refractivity contribution in [2.45, 2.75) is 0 Å². The van der Waals surface area contributed by atoms with E-state index in [4.69, 9.17) is 0 Å². The van der Waals surface area contributed by atoms with Crippen LogP contribution in [0.2, 0.25) is 0 Å². The molecule has 0 atom stereocenters. The zero-order chi connectivity index (χ0) is 15.1. The molecule has 0 saturated carbocycles. The predicted molar refractivity (Wildman–Crippen MR) is 77.0 cm³/mol. The molecular weight excluding hydrogens is 270 g/mol. The Balaban J connectivity index is 1.75. The molecule has 108 valence electrons. The van der Waals surface area contributed by atoms with Crippen LogP contribution in [-0.2, 0) is 0 Å². The predicted octanol–water partition coefficient (Wildman–Crippen LogP) is 0.947. The molecule has 0 fully saturated rings. The van der Waals surface area contributed by atoms with Gasteiger partial charge in [-0.1, -0.05) is 12.1 Å². The number of hydrogen-bond donors (Lipinski definition) is 3. The molecule has 2 aromatic rings. The molecule has 0 saturated heterocycles. The first-order chi connectivity index (χ1) is 10.2. The molecule has 1 aromatic carbocycles. The Labute approximate surface area is 121 Å². The number of amides is 2. The van der Waals surface area contributed by atoms with E-state index in [9.17, 15) is 14.7 Å². The molecular formula is C15H15N3O3. The number of phenols is 1. The third kappa shape index (κ3) is 4.31. The van der Waals surface area contributed by atoms with Crippen molar-refractivity contribution in [2.24, 2.45) is 0 Å². The Morgan fingerprint density at radius 2 is 1.76 bits per heavy atom. The number of rotatable bonds is 5. The second-order valence-electron chi connectivity index (χ2n) is 4.28. The van der Waals surface area contributed by atoms with Crippen LogP contribution in [0.3, 0.4) is 0 Å². The number of hydrogen-bond acceptors (Lipinski definition) is 4. The standard InChI is InChI=1S/C15H15N3O3/c19-12-5-3-4-11(10-12)14(20)17-8-9-18-15(21)13-6-1-2-7-16-13/h1-7,10,19H,8-9H2,(H,17,20)(H,18,21). The summed E-state index contributed by atoms with van der Waals surface area (Å²) in [5.74, 6) is -0.564. The minimum Gasteiger partial charge on any atom is -0.508 e. The fraction of sp³-hybridized carbons (Fsp3) is 0.133. The highest BCUT2D eigenvalue weighted by atomic mass is 16.3. The minimum absolute atomic E-state index is 0.0334. The zero-order valence-corrected chi connectivity index (χ0v) is 11.2. The van der Waals surface area contributed by atoms with Crippen molar-refractivity contribution in [2.75, 3.05) is 13.1 Å². The molecule has 0 radical (unpaired) electrons. The number of benzene rings is 1. The fourth-order valence-electron chi connectivity index (χ4n) is 1.69. The highest BCUT2D eigenvalue weighted by molar-refractivity contribution is 5.94. The van der Waals surface area contributed by atoms with E-state index in [-0.39, 0.29) is 24.1 Å². The van der Waals surface area contributed by atoms with Crippen LogP contribution >= 0.6 is 0 Å². The largest absolute Gasteiger partial charge is 0.508 e. The summed E-state index contributed by atoms with van der Waals surface area (Å²) in [6, 6.07) is 11.1. The van der Waals surface area contributed by atoms with Gasteiger partial charge in [0, 0.05) is 24.8 Å². The zero-order valence-electron chi connectivity index (χ0n) is 11.2. The van der Waals surface area contributed by atoms with E-state index in [0.29, 0.717) is 17.8 Å². The number of aromatic nitrogens is 1. The Kier molecular flexibility index (Phi) is 4.87. The summed E-state index contributed by atoms with van der Waals surface area (Å²) < 4.78 is 0. The molecule has 2 rings (SSSR count). The number of phenolic OH excluding ortho intramolecular Hbond substituents is 1. The summed E-state index contributed by atoms with van der Waals surface area (Å²) >= 11 is 0. The fourth-order valence-corrected chi connectivity index (χ4v) is 1.69. The van der Waals surface area contributed by atoms with E-state index in [1.54, 1.807) is 36.5 Å². The maximum absolute atomic E-state index is 11.8. The Hall–Kier alpha value is -2.89. The smallest absolute Gasteiger partial charge is 0.269 e. The normalized spacial score (nSPS) is 9.90. The van der Waals surface area contributed by atoms with Gasteiger partial charge in [0.2, 0.25) is 0 Å². The van der Waals surface area contributed by atoms with E-state index in [0.717, 1.165) is 0 Å². The molecule has 1 aromatic heterocycles. The molecule has 2 amide bonds. The van der Waals surface area contributed by atoms with E-state index in [2.05, 4.69) is 15.6 Å². The van der Waals surface area contributed by atoms with E-state index < -0.39 is 0 Å². The van der Waals surface area contributed by atoms with Crippen molar-refractivity contribution in [3.05, 3.63) is 59.9 Å². The molecule has 0 spiro atoms. The summed E-state index contributed by atoms with van der Waals surface area (Å²) in [4.78, 5) is 27.4. The van der Waals surface area contributed by atoms with Gasteiger partial charge in [0.15, 0.2) is 0 Å². The second-order valence-corrected chi connectivity index (χ2v) is 4.28. The molecule has 0 bridgehead atoms.